The lowest BCUT2D eigenvalue weighted by atomic mass is 10.0. The van der Waals surface area contributed by atoms with Crippen LogP contribution >= 0.6 is 0 Å². The Morgan fingerprint density at radius 2 is 1.83 bits per heavy atom. The van der Waals surface area contributed by atoms with E-state index < -0.39 is 15.8 Å². The molecule has 3 rings (SSSR count). The van der Waals surface area contributed by atoms with Gasteiger partial charge >= 0.3 is 0 Å². The summed E-state index contributed by atoms with van der Waals surface area (Å²) in [6, 6.07) is 7.81. The Kier molecular flexibility index (Phi) is 7.22. The molecule has 8 nitrogen and oxygen atoms in total. The molecule has 2 heterocycles. The van der Waals surface area contributed by atoms with Gasteiger partial charge in [-0.3, -0.25) is 9.59 Å². The zero-order valence-electron chi connectivity index (χ0n) is 16.3. The molecule has 1 saturated heterocycles. The van der Waals surface area contributed by atoms with Gasteiger partial charge in [0.2, 0.25) is 15.9 Å². The quantitative estimate of drug-likeness (QED) is 0.613. The van der Waals surface area contributed by atoms with E-state index in [1.807, 2.05) is 0 Å². The molecule has 10 heteroatoms. The maximum absolute atomic E-state index is 12.9. The van der Waals surface area contributed by atoms with Gasteiger partial charge in [-0.1, -0.05) is 0 Å². The van der Waals surface area contributed by atoms with Gasteiger partial charge in [-0.2, -0.15) is 0 Å². The second-order valence-electron chi connectivity index (χ2n) is 7.07. The molecule has 30 heavy (non-hydrogen) atoms. The molecule has 0 aliphatic carbocycles. The Morgan fingerprint density at radius 1 is 1.13 bits per heavy atom. The van der Waals surface area contributed by atoms with Crippen LogP contribution in [0.3, 0.4) is 0 Å². The molecular weight excluding hydrogens is 413 g/mol. The highest BCUT2D eigenvalue weighted by molar-refractivity contribution is 7.89. The molecule has 162 valence electrons. The fourth-order valence-corrected chi connectivity index (χ4v) is 4.31. The normalized spacial score (nSPS) is 15.2. The van der Waals surface area contributed by atoms with E-state index in [0.717, 1.165) is 12.1 Å². The van der Waals surface area contributed by atoms with Crippen LogP contribution in [0, 0.1) is 5.82 Å². The van der Waals surface area contributed by atoms with E-state index in [4.69, 9.17) is 4.42 Å². The van der Waals surface area contributed by atoms with Crippen LogP contribution in [0.1, 0.15) is 36.2 Å². The number of likely N-dealkylation sites (tertiary alicyclic amines) is 1. The van der Waals surface area contributed by atoms with Gasteiger partial charge in [-0.25, -0.2) is 17.5 Å². The Bertz CT molecular complexity index is 953. The SMILES string of the molecule is O=C(CCCNS(=O)(=O)c1ccc(F)cc1)NC1CCN(C(=O)c2ccco2)CC1. The van der Waals surface area contributed by atoms with Crippen molar-refractivity contribution in [2.24, 2.45) is 0 Å². The average molecular weight is 437 g/mol. The van der Waals surface area contributed by atoms with E-state index >= 15 is 0 Å². The first-order valence-electron chi connectivity index (χ1n) is 9.72. The number of amides is 2. The number of piperidine rings is 1. The topological polar surface area (TPSA) is 109 Å². The molecule has 1 aromatic carbocycles. The van der Waals surface area contributed by atoms with Gasteiger partial charge in [0, 0.05) is 32.1 Å². The number of nitrogens with one attached hydrogen (secondary N) is 2. The summed E-state index contributed by atoms with van der Waals surface area (Å²) in [5.41, 5.74) is 0. The number of carbonyl (C=O) groups excluding carboxylic acids is 2. The molecule has 2 N–H and O–H groups in total. The van der Waals surface area contributed by atoms with Crippen LogP contribution < -0.4 is 10.0 Å². The number of hydrogen-bond donors (Lipinski definition) is 2. The minimum Gasteiger partial charge on any atom is -0.459 e. The zero-order valence-corrected chi connectivity index (χ0v) is 17.2. The maximum atomic E-state index is 12.9. The summed E-state index contributed by atoms with van der Waals surface area (Å²) in [6.07, 6.45) is 3.27. The molecule has 0 saturated carbocycles. The minimum atomic E-state index is -3.73. The van der Waals surface area contributed by atoms with Crippen molar-refractivity contribution in [3.8, 4) is 0 Å². The predicted octanol–water partition coefficient (Wildman–Crippen LogP) is 1.90. The summed E-state index contributed by atoms with van der Waals surface area (Å²) >= 11 is 0. The van der Waals surface area contributed by atoms with Crippen molar-refractivity contribution in [2.45, 2.75) is 36.6 Å². The highest BCUT2D eigenvalue weighted by Crippen LogP contribution is 2.15. The average Bonchev–Trinajstić information content (AvgIpc) is 3.26. The molecular formula is C20H24FN3O5S. The molecule has 2 amide bonds. The third kappa shape index (κ3) is 5.90. The zero-order chi connectivity index (χ0) is 21.6. The molecule has 1 aliphatic heterocycles. The van der Waals surface area contributed by atoms with Crippen LogP contribution in [0.15, 0.2) is 52.0 Å². The predicted molar refractivity (Wildman–Crippen MR) is 107 cm³/mol. The number of benzene rings is 1. The van der Waals surface area contributed by atoms with E-state index in [-0.39, 0.29) is 35.7 Å². The number of furan rings is 1. The monoisotopic (exact) mass is 437 g/mol. The number of nitrogens with zero attached hydrogens (tertiary/aromatic N) is 1. The van der Waals surface area contributed by atoms with Crippen molar-refractivity contribution < 1.29 is 26.8 Å². The van der Waals surface area contributed by atoms with E-state index in [2.05, 4.69) is 10.0 Å². The Hall–Kier alpha value is -2.72. The number of carbonyl (C=O) groups is 2. The van der Waals surface area contributed by atoms with Crippen LogP contribution in [-0.4, -0.2) is 50.8 Å². The number of rotatable bonds is 8. The largest absolute Gasteiger partial charge is 0.459 e. The number of sulfonamides is 1. The molecule has 1 aromatic heterocycles. The minimum absolute atomic E-state index is 0.0194. The van der Waals surface area contributed by atoms with E-state index in [1.165, 1.54) is 18.4 Å². The van der Waals surface area contributed by atoms with Crippen molar-refractivity contribution in [1.82, 2.24) is 14.9 Å². The lowest BCUT2D eigenvalue weighted by molar-refractivity contribution is -0.122. The van der Waals surface area contributed by atoms with Gasteiger partial charge in [-0.05, 0) is 55.7 Å². The third-order valence-electron chi connectivity index (χ3n) is 4.88. The summed E-state index contributed by atoms with van der Waals surface area (Å²) in [4.78, 5) is 26.0. The first-order chi connectivity index (χ1) is 14.3. The smallest absolute Gasteiger partial charge is 0.289 e. The first kappa shape index (κ1) is 22.0. The Balaban J connectivity index is 1.34. The summed E-state index contributed by atoms with van der Waals surface area (Å²) < 4.78 is 44.6. The molecule has 2 aromatic rings. The maximum Gasteiger partial charge on any atom is 0.289 e. The van der Waals surface area contributed by atoms with Crippen LogP contribution in [0.2, 0.25) is 0 Å². The molecule has 0 atom stereocenters. The molecule has 1 fully saturated rings. The fourth-order valence-electron chi connectivity index (χ4n) is 3.24. The third-order valence-corrected chi connectivity index (χ3v) is 6.35. The second-order valence-corrected chi connectivity index (χ2v) is 8.83. The van der Waals surface area contributed by atoms with Crippen molar-refractivity contribution in [3.05, 3.63) is 54.2 Å². The summed E-state index contributed by atoms with van der Waals surface area (Å²) in [5, 5.41) is 2.93. The van der Waals surface area contributed by atoms with E-state index in [1.54, 1.807) is 17.0 Å². The van der Waals surface area contributed by atoms with Gasteiger partial charge < -0.3 is 14.6 Å². The number of halogens is 1. The van der Waals surface area contributed by atoms with Crippen molar-refractivity contribution in [3.63, 3.8) is 0 Å². The Morgan fingerprint density at radius 3 is 2.47 bits per heavy atom. The standard InChI is InChI=1S/C20H24FN3O5S/c21-15-5-7-17(8-6-15)30(27,28)22-11-1-4-19(25)23-16-9-12-24(13-10-16)20(26)18-3-2-14-29-18/h2-3,5-8,14,16,22H,1,4,9-13H2,(H,23,25). The van der Waals surface area contributed by atoms with Crippen LogP contribution in [0.25, 0.3) is 0 Å². The Labute approximate surface area is 174 Å². The first-order valence-corrected chi connectivity index (χ1v) is 11.2. The number of hydrogen-bond acceptors (Lipinski definition) is 5. The summed E-state index contributed by atoms with van der Waals surface area (Å²) in [6.45, 7) is 1.16. The highest BCUT2D eigenvalue weighted by Gasteiger charge is 2.25. The van der Waals surface area contributed by atoms with Gasteiger partial charge in [0.15, 0.2) is 5.76 Å². The lowest BCUT2D eigenvalue weighted by Gasteiger charge is -2.31. The van der Waals surface area contributed by atoms with E-state index in [9.17, 15) is 22.4 Å². The van der Waals surface area contributed by atoms with Crippen LogP contribution in [-0.2, 0) is 14.8 Å². The van der Waals surface area contributed by atoms with Crippen molar-refractivity contribution in [1.29, 1.82) is 0 Å². The van der Waals surface area contributed by atoms with Gasteiger partial charge in [-0.15, -0.1) is 0 Å². The summed E-state index contributed by atoms with van der Waals surface area (Å²) in [5.74, 6) is -0.521. The van der Waals surface area contributed by atoms with Crippen molar-refractivity contribution >= 4 is 21.8 Å². The van der Waals surface area contributed by atoms with E-state index in [0.29, 0.717) is 38.1 Å². The molecule has 0 unspecified atom stereocenters. The second kappa shape index (κ2) is 9.86. The highest BCUT2D eigenvalue weighted by atomic mass is 32.2. The van der Waals surface area contributed by atoms with Gasteiger partial charge in [0.25, 0.3) is 5.91 Å². The molecule has 1 aliphatic rings. The molecule has 0 radical (unpaired) electrons. The van der Waals surface area contributed by atoms with Gasteiger partial charge in [0.1, 0.15) is 5.82 Å². The fraction of sp³-hybridized carbons (Fsp3) is 0.400. The van der Waals surface area contributed by atoms with Crippen LogP contribution in [0.5, 0.6) is 0 Å². The summed E-state index contributed by atoms with van der Waals surface area (Å²) in [7, 11) is -3.73. The lowest BCUT2D eigenvalue weighted by Crippen LogP contribution is -2.46. The van der Waals surface area contributed by atoms with Gasteiger partial charge in [0.05, 0.1) is 11.2 Å². The molecule has 0 spiro atoms. The van der Waals surface area contributed by atoms with Crippen molar-refractivity contribution in [2.75, 3.05) is 19.6 Å². The molecule has 0 bridgehead atoms. The van der Waals surface area contributed by atoms with Crippen LogP contribution in [0.4, 0.5) is 4.39 Å².